The van der Waals surface area contributed by atoms with Gasteiger partial charge >= 0.3 is 0 Å². The van der Waals surface area contributed by atoms with Crippen LogP contribution in [-0.4, -0.2) is 24.2 Å². The molecule has 17 heavy (non-hydrogen) atoms. The number of para-hydroxylation sites is 1. The molecule has 1 unspecified atom stereocenters. The van der Waals surface area contributed by atoms with E-state index in [0.29, 0.717) is 18.2 Å². The predicted molar refractivity (Wildman–Crippen MR) is 75.5 cm³/mol. The van der Waals surface area contributed by atoms with Crippen LogP contribution < -0.4 is 10.6 Å². The van der Waals surface area contributed by atoms with Gasteiger partial charge in [-0.05, 0) is 28.1 Å². The molecule has 5 heteroatoms. The third-order valence-corrected chi connectivity index (χ3v) is 4.42. The molecular formula is C12H15BrN2OS. The van der Waals surface area contributed by atoms with Gasteiger partial charge in [-0.25, -0.2) is 0 Å². The van der Waals surface area contributed by atoms with Gasteiger partial charge in [-0.3, -0.25) is 4.79 Å². The van der Waals surface area contributed by atoms with E-state index in [-0.39, 0.29) is 5.91 Å². The van der Waals surface area contributed by atoms with Gasteiger partial charge < -0.3 is 10.6 Å². The topological polar surface area (TPSA) is 46.3 Å². The number of halogens is 1. The van der Waals surface area contributed by atoms with E-state index in [1.54, 1.807) is 0 Å². The van der Waals surface area contributed by atoms with E-state index >= 15 is 0 Å². The fraction of sp³-hybridized carbons (Fsp3) is 0.417. The average Bonchev–Trinajstić information content (AvgIpc) is 2.28. The molecule has 1 aliphatic rings. The maximum absolute atomic E-state index is 12.1. The summed E-state index contributed by atoms with van der Waals surface area (Å²) in [7, 11) is 0. The van der Waals surface area contributed by atoms with Gasteiger partial charge in [0, 0.05) is 34.1 Å². The van der Waals surface area contributed by atoms with Crippen LogP contribution in [0.3, 0.4) is 0 Å². The van der Waals surface area contributed by atoms with E-state index in [2.05, 4.69) is 28.9 Å². The molecule has 0 fully saturated rings. The Bertz CT molecular complexity index is 439. The minimum Gasteiger partial charge on any atom is -0.330 e. The highest BCUT2D eigenvalue weighted by Gasteiger charge is 2.28. The van der Waals surface area contributed by atoms with E-state index in [0.717, 1.165) is 21.6 Å². The van der Waals surface area contributed by atoms with Gasteiger partial charge in [-0.2, -0.15) is 0 Å². The minimum absolute atomic E-state index is 0.104. The summed E-state index contributed by atoms with van der Waals surface area (Å²) in [5, 5.41) is 0.415. The lowest BCUT2D eigenvalue weighted by Gasteiger charge is -2.33. The number of benzene rings is 1. The molecule has 0 aliphatic carbocycles. The molecular weight excluding hydrogens is 300 g/mol. The summed E-state index contributed by atoms with van der Waals surface area (Å²) in [5.74, 6) is 0.104. The van der Waals surface area contributed by atoms with Gasteiger partial charge in [0.05, 0.1) is 5.69 Å². The Morgan fingerprint density at radius 3 is 3.12 bits per heavy atom. The first-order valence-corrected chi connectivity index (χ1v) is 7.26. The Kier molecular flexibility index (Phi) is 4.12. The number of rotatable bonds is 2. The van der Waals surface area contributed by atoms with E-state index in [4.69, 9.17) is 5.73 Å². The van der Waals surface area contributed by atoms with Gasteiger partial charge in [0.1, 0.15) is 0 Å². The fourth-order valence-electron chi connectivity index (χ4n) is 1.94. The van der Waals surface area contributed by atoms with Gasteiger partial charge in [0.25, 0.3) is 0 Å². The second-order valence-corrected chi connectivity index (χ2v) is 6.39. The van der Waals surface area contributed by atoms with Crippen molar-refractivity contribution < 1.29 is 4.79 Å². The van der Waals surface area contributed by atoms with Crippen molar-refractivity contribution in [3.8, 4) is 0 Å². The lowest BCUT2D eigenvalue weighted by Crippen LogP contribution is -2.39. The Morgan fingerprint density at radius 1 is 1.65 bits per heavy atom. The van der Waals surface area contributed by atoms with E-state index in [9.17, 15) is 4.79 Å². The van der Waals surface area contributed by atoms with Crippen molar-refractivity contribution in [1.82, 2.24) is 0 Å². The number of hydrogen-bond donors (Lipinski definition) is 1. The van der Waals surface area contributed by atoms with Crippen molar-refractivity contribution in [3.63, 3.8) is 0 Å². The van der Waals surface area contributed by atoms with Crippen LogP contribution in [0.25, 0.3) is 0 Å². The van der Waals surface area contributed by atoms with Gasteiger partial charge in [0.2, 0.25) is 5.91 Å². The molecule has 1 aromatic carbocycles. The molecule has 1 atom stereocenters. The maximum atomic E-state index is 12.1. The quantitative estimate of drug-likeness (QED) is 0.912. The SMILES string of the molecule is CC1CN(C(=O)CCN)c2c(Br)cccc2S1. The first kappa shape index (κ1) is 12.9. The Balaban J connectivity index is 2.39. The summed E-state index contributed by atoms with van der Waals surface area (Å²) >= 11 is 5.33. The fourth-order valence-corrected chi connectivity index (χ4v) is 3.80. The number of nitrogens with zero attached hydrogens (tertiary/aromatic N) is 1. The Morgan fingerprint density at radius 2 is 2.41 bits per heavy atom. The van der Waals surface area contributed by atoms with Crippen LogP contribution in [0.4, 0.5) is 5.69 Å². The molecule has 0 saturated heterocycles. The van der Waals surface area contributed by atoms with Gasteiger partial charge in [0.15, 0.2) is 0 Å². The predicted octanol–water partition coefficient (Wildman–Crippen LogP) is 2.63. The summed E-state index contributed by atoms with van der Waals surface area (Å²) in [6.07, 6.45) is 0.401. The van der Waals surface area contributed by atoms with Crippen LogP contribution in [0.15, 0.2) is 27.6 Å². The van der Waals surface area contributed by atoms with Gasteiger partial charge in [-0.1, -0.05) is 13.0 Å². The van der Waals surface area contributed by atoms with Crippen LogP contribution in [0.2, 0.25) is 0 Å². The lowest BCUT2D eigenvalue weighted by atomic mass is 10.2. The highest BCUT2D eigenvalue weighted by atomic mass is 79.9. The number of anilines is 1. The zero-order chi connectivity index (χ0) is 12.4. The number of amides is 1. The van der Waals surface area contributed by atoms with Crippen molar-refractivity contribution in [2.45, 2.75) is 23.5 Å². The number of carbonyl (C=O) groups is 1. The molecule has 3 nitrogen and oxygen atoms in total. The van der Waals surface area contributed by atoms with E-state index < -0.39 is 0 Å². The average molecular weight is 315 g/mol. The summed E-state index contributed by atoms with van der Waals surface area (Å²) in [5.41, 5.74) is 6.46. The van der Waals surface area contributed by atoms with Crippen molar-refractivity contribution in [3.05, 3.63) is 22.7 Å². The largest absolute Gasteiger partial charge is 0.330 e. The van der Waals surface area contributed by atoms with Crippen molar-refractivity contribution in [2.24, 2.45) is 5.73 Å². The molecule has 1 aliphatic heterocycles. The summed E-state index contributed by atoms with van der Waals surface area (Å²) in [6.45, 7) is 3.28. The van der Waals surface area contributed by atoms with Crippen molar-refractivity contribution >= 4 is 39.3 Å². The third-order valence-electron chi connectivity index (χ3n) is 2.65. The number of fused-ring (bicyclic) bond motifs is 1. The Hall–Kier alpha value is -0.520. The summed E-state index contributed by atoms with van der Waals surface area (Å²) < 4.78 is 0.972. The maximum Gasteiger partial charge on any atom is 0.228 e. The standard InChI is InChI=1S/C12H15BrN2OS/c1-8-7-15(11(16)5-6-14)12-9(13)3-2-4-10(12)17-8/h2-4,8H,5-7,14H2,1H3. The number of carbonyl (C=O) groups excluding carboxylic acids is 1. The first-order chi connectivity index (χ1) is 8.13. The molecule has 0 radical (unpaired) electrons. The molecule has 1 aromatic rings. The first-order valence-electron chi connectivity index (χ1n) is 5.59. The van der Waals surface area contributed by atoms with Crippen LogP contribution in [-0.2, 0) is 4.79 Å². The second kappa shape index (κ2) is 5.42. The van der Waals surface area contributed by atoms with Gasteiger partial charge in [-0.15, -0.1) is 11.8 Å². The molecule has 0 aromatic heterocycles. The lowest BCUT2D eigenvalue weighted by molar-refractivity contribution is -0.118. The number of thioether (sulfide) groups is 1. The summed E-state index contributed by atoms with van der Waals surface area (Å²) in [4.78, 5) is 15.1. The normalized spacial score (nSPS) is 19.0. The molecule has 2 N–H and O–H groups in total. The molecule has 0 spiro atoms. The van der Waals surface area contributed by atoms with Crippen LogP contribution in [0.1, 0.15) is 13.3 Å². The third kappa shape index (κ3) is 2.67. The molecule has 2 rings (SSSR count). The van der Waals surface area contributed by atoms with Crippen molar-refractivity contribution in [1.29, 1.82) is 0 Å². The summed E-state index contributed by atoms with van der Waals surface area (Å²) in [6, 6.07) is 6.03. The van der Waals surface area contributed by atoms with E-state index in [1.807, 2.05) is 28.8 Å². The Labute approximate surface area is 114 Å². The van der Waals surface area contributed by atoms with E-state index in [1.165, 1.54) is 0 Å². The second-order valence-electron chi connectivity index (χ2n) is 4.06. The van der Waals surface area contributed by atoms with Crippen LogP contribution >= 0.6 is 27.7 Å². The van der Waals surface area contributed by atoms with Crippen LogP contribution in [0.5, 0.6) is 0 Å². The molecule has 92 valence electrons. The zero-order valence-corrected chi connectivity index (χ0v) is 12.1. The van der Waals surface area contributed by atoms with Crippen LogP contribution in [0, 0.1) is 0 Å². The molecule has 1 amide bonds. The highest BCUT2D eigenvalue weighted by Crippen LogP contribution is 2.42. The zero-order valence-electron chi connectivity index (χ0n) is 9.65. The monoisotopic (exact) mass is 314 g/mol. The number of hydrogen-bond acceptors (Lipinski definition) is 3. The van der Waals surface area contributed by atoms with Crippen molar-refractivity contribution in [2.75, 3.05) is 18.0 Å². The minimum atomic E-state index is 0.104. The molecule has 0 bridgehead atoms. The molecule has 0 saturated carbocycles. The smallest absolute Gasteiger partial charge is 0.228 e. The highest BCUT2D eigenvalue weighted by molar-refractivity contribution is 9.10. The number of nitrogens with two attached hydrogens (primary N) is 1. The molecule has 1 heterocycles.